The van der Waals surface area contributed by atoms with Crippen molar-refractivity contribution < 1.29 is 5.11 Å². The van der Waals surface area contributed by atoms with Crippen LogP contribution in [0, 0.1) is 5.92 Å². The Morgan fingerprint density at radius 3 is 2.88 bits per heavy atom. The lowest BCUT2D eigenvalue weighted by Crippen LogP contribution is -2.19. The molecule has 0 unspecified atom stereocenters. The van der Waals surface area contributed by atoms with Crippen molar-refractivity contribution in [3.63, 3.8) is 0 Å². The molecule has 0 radical (unpaired) electrons. The minimum absolute atomic E-state index is 0.279. The minimum Gasteiger partial charge on any atom is -0.396 e. The normalized spacial score (nSPS) is 11.3. The van der Waals surface area contributed by atoms with Crippen molar-refractivity contribution in [3.8, 4) is 0 Å². The quantitative estimate of drug-likeness (QED) is 0.636. The molecule has 2 N–H and O–H groups in total. The first-order valence-corrected chi connectivity index (χ1v) is 6.43. The summed E-state index contributed by atoms with van der Waals surface area (Å²) in [5.41, 5.74) is 0.993. The monoisotopic (exact) mass is 240 g/mol. The second kappa shape index (κ2) is 8.20. The maximum Gasteiger partial charge on any atom is 0.0964 e. The Bertz CT molecular complexity index is 298. The van der Waals surface area contributed by atoms with Gasteiger partial charge in [-0.05, 0) is 31.7 Å². The highest BCUT2D eigenvalue weighted by molar-refractivity contribution is 4.91. The Balaban J connectivity index is 2.18. The van der Waals surface area contributed by atoms with Crippen molar-refractivity contribution in [1.82, 2.24) is 20.3 Å². The fraction of sp³-hybridized carbons (Fsp3) is 0.833. The van der Waals surface area contributed by atoms with Crippen molar-refractivity contribution >= 4 is 0 Å². The van der Waals surface area contributed by atoms with Gasteiger partial charge in [0.05, 0.1) is 5.69 Å². The van der Waals surface area contributed by atoms with Crippen molar-refractivity contribution in [3.05, 3.63) is 11.9 Å². The molecule has 5 nitrogen and oxygen atoms in total. The summed E-state index contributed by atoms with van der Waals surface area (Å²) in [4.78, 5) is 0. The Morgan fingerprint density at radius 1 is 1.35 bits per heavy atom. The first-order chi connectivity index (χ1) is 8.22. The molecule has 1 rings (SSSR count). The number of aryl methyl sites for hydroxylation is 1. The molecule has 0 spiro atoms. The number of aliphatic hydroxyl groups excluding tert-OH is 1. The Morgan fingerprint density at radius 2 is 2.18 bits per heavy atom. The molecule has 0 bridgehead atoms. The number of aliphatic hydroxyl groups is 1. The van der Waals surface area contributed by atoms with Crippen molar-refractivity contribution in [2.75, 3.05) is 13.2 Å². The van der Waals surface area contributed by atoms with Gasteiger partial charge < -0.3 is 10.4 Å². The summed E-state index contributed by atoms with van der Waals surface area (Å²) in [5.74, 6) is 0.656. The van der Waals surface area contributed by atoms with E-state index in [-0.39, 0.29) is 6.61 Å². The number of rotatable bonds is 9. The average molecular weight is 240 g/mol. The molecule has 0 amide bonds. The van der Waals surface area contributed by atoms with E-state index in [2.05, 4.69) is 29.5 Å². The fourth-order valence-corrected chi connectivity index (χ4v) is 1.58. The third-order valence-electron chi connectivity index (χ3n) is 2.49. The average Bonchev–Trinajstić information content (AvgIpc) is 2.72. The molecule has 0 fully saturated rings. The van der Waals surface area contributed by atoms with Crippen LogP contribution in [0.2, 0.25) is 0 Å². The lowest BCUT2D eigenvalue weighted by atomic mass is 10.2. The van der Waals surface area contributed by atoms with Crippen molar-refractivity contribution in [1.29, 1.82) is 0 Å². The molecular formula is C12H24N4O. The van der Waals surface area contributed by atoms with Crippen LogP contribution in [0.5, 0.6) is 0 Å². The van der Waals surface area contributed by atoms with E-state index in [0.29, 0.717) is 5.92 Å². The molecule has 1 aromatic heterocycles. The largest absolute Gasteiger partial charge is 0.396 e. The van der Waals surface area contributed by atoms with E-state index in [0.717, 1.165) is 44.6 Å². The van der Waals surface area contributed by atoms with Gasteiger partial charge in [0.1, 0.15) is 0 Å². The van der Waals surface area contributed by atoms with Crippen molar-refractivity contribution in [2.24, 2.45) is 5.92 Å². The third-order valence-corrected chi connectivity index (χ3v) is 2.49. The zero-order chi connectivity index (χ0) is 12.5. The number of hydrogen-bond acceptors (Lipinski definition) is 4. The summed E-state index contributed by atoms with van der Waals surface area (Å²) in [5, 5.41) is 20.2. The van der Waals surface area contributed by atoms with Crippen LogP contribution in [0.25, 0.3) is 0 Å². The zero-order valence-corrected chi connectivity index (χ0v) is 10.9. The van der Waals surface area contributed by atoms with Crippen LogP contribution in [0.3, 0.4) is 0 Å². The Hall–Kier alpha value is -0.940. The smallest absolute Gasteiger partial charge is 0.0964 e. The predicted molar refractivity (Wildman–Crippen MR) is 67.5 cm³/mol. The predicted octanol–water partition coefficient (Wildman–Crippen LogP) is 1.19. The summed E-state index contributed by atoms with van der Waals surface area (Å²) in [7, 11) is 0. The molecule has 0 aromatic carbocycles. The zero-order valence-electron chi connectivity index (χ0n) is 10.9. The van der Waals surface area contributed by atoms with Gasteiger partial charge in [-0.25, -0.2) is 0 Å². The summed E-state index contributed by atoms with van der Waals surface area (Å²) in [6.07, 6.45) is 4.95. The van der Waals surface area contributed by atoms with Crippen LogP contribution in [0.15, 0.2) is 6.20 Å². The van der Waals surface area contributed by atoms with E-state index in [1.54, 1.807) is 0 Å². The van der Waals surface area contributed by atoms with Gasteiger partial charge in [-0.2, -0.15) is 0 Å². The van der Waals surface area contributed by atoms with Gasteiger partial charge in [0.15, 0.2) is 0 Å². The first kappa shape index (κ1) is 14.1. The molecule has 17 heavy (non-hydrogen) atoms. The number of aromatic nitrogens is 3. The van der Waals surface area contributed by atoms with Gasteiger partial charge in [-0.1, -0.05) is 19.1 Å². The maximum absolute atomic E-state index is 8.67. The van der Waals surface area contributed by atoms with E-state index in [1.165, 1.54) is 0 Å². The topological polar surface area (TPSA) is 63.0 Å². The van der Waals surface area contributed by atoms with Crippen LogP contribution < -0.4 is 5.32 Å². The van der Waals surface area contributed by atoms with Crippen LogP contribution >= 0.6 is 0 Å². The fourth-order valence-electron chi connectivity index (χ4n) is 1.58. The second-order valence-corrected chi connectivity index (χ2v) is 4.78. The summed E-state index contributed by atoms with van der Waals surface area (Å²) in [6.45, 7) is 7.33. The van der Waals surface area contributed by atoms with E-state index >= 15 is 0 Å². The standard InChI is InChI=1S/C12H24N4O/c1-11(2)8-13-9-12-10-16(15-14-12)6-4-3-5-7-17/h10-11,13,17H,3-9H2,1-2H3. The molecule has 0 aliphatic heterocycles. The number of hydrogen-bond donors (Lipinski definition) is 2. The van der Waals surface area contributed by atoms with Crippen LogP contribution in [0.1, 0.15) is 38.8 Å². The molecule has 1 heterocycles. The van der Waals surface area contributed by atoms with Gasteiger partial charge in [-0.15, -0.1) is 5.10 Å². The summed E-state index contributed by atoms with van der Waals surface area (Å²) in [6, 6.07) is 0. The molecule has 0 saturated heterocycles. The van der Waals surface area contributed by atoms with E-state index in [4.69, 9.17) is 5.11 Å². The van der Waals surface area contributed by atoms with Gasteiger partial charge in [0, 0.05) is 25.9 Å². The molecular weight excluding hydrogens is 216 g/mol. The van der Waals surface area contributed by atoms with Crippen molar-refractivity contribution in [2.45, 2.75) is 46.2 Å². The molecule has 0 aliphatic rings. The van der Waals surface area contributed by atoms with Gasteiger partial charge in [0.2, 0.25) is 0 Å². The molecule has 0 atom stereocenters. The minimum atomic E-state index is 0.279. The number of unbranched alkanes of at least 4 members (excludes halogenated alkanes) is 2. The van der Waals surface area contributed by atoms with Gasteiger partial charge in [0.25, 0.3) is 0 Å². The molecule has 0 saturated carbocycles. The van der Waals surface area contributed by atoms with E-state index < -0.39 is 0 Å². The number of nitrogens with zero attached hydrogens (tertiary/aromatic N) is 3. The molecule has 0 aliphatic carbocycles. The van der Waals surface area contributed by atoms with E-state index in [1.807, 2.05) is 10.9 Å². The highest BCUT2D eigenvalue weighted by Gasteiger charge is 2.01. The third kappa shape index (κ3) is 6.38. The maximum atomic E-state index is 8.67. The summed E-state index contributed by atoms with van der Waals surface area (Å²) >= 11 is 0. The van der Waals surface area contributed by atoms with Crippen LogP contribution in [-0.2, 0) is 13.1 Å². The SMILES string of the molecule is CC(C)CNCc1cn(CCCCCO)nn1. The Kier molecular flexibility index (Phi) is 6.81. The van der Waals surface area contributed by atoms with Crippen LogP contribution in [0.4, 0.5) is 0 Å². The first-order valence-electron chi connectivity index (χ1n) is 6.43. The van der Waals surface area contributed by atoms with E-state index in [9.17, 15) is 0 Å². The number of nitrogens with one attached hydrogen (secondary N) is 1. The highest BCUT2D eigenvalue weighted by atomic mass is 16.2. The van der Waals surface area contributed by atoms with Crippen LogP contribution in [-0.4, -0.2) is 33.3 Å². The lowest BCUT2D eigenvalue weighted by Gasteiger charge is -2.04. The molecule has 1 aromatic rings. The molecule has 5 heteroatoms. The highest BCUT2D eigenvalue weighted by Crippen LogP contribution is 1.99. The van der Waals surface area contributed by atoms with Gasteiger partial charge in [-0.3, -0.25) is 4.68 Å². The summed E-state index contributed by atoms with van der Waals surface area (Å²) < 4.78 is 1.88. The lowest BCUT2D eigenvalue weighted by molar-refractivity contribution is 0.281. The molecule has 98 valence electrons. The second-order valence-electron chi connectivity index (χ2n) is 4.78. The Labute approximate surface area is 103 Å². The van der Waals surface area contributed by atoms with Gasteiger partial charge >= 0.3 is 0 Å².